The lowest BCUT2D eigenvalue weighted by molar-refractivity contribution is -0.159. The average Bonchev–Trinajstić information content (AvgIpc) is 3.44. The molecular formula is C20H30N4O2. The molecule has 2 saturated heterocycles. The van der Waals surface area contributed by atoms with E-state index < -0.39 is 5.60 Å². The number of hydrogen-bond acceptors (Lipinski definition) is 5. The first-order valence-electron chi connectivity index (χ1n) is 9.96. The second kappa shape index (κ2) is 7.16. The number of aromatic nitrogens is 1. The molecule has 0 bridgehead atoms. The third-order valence-electron chi connectivity index (χ3n) is 5.93. The summed E-state index contributed by atoms with van der Waals surface area (Å²) in [6.07, 6.45) is 3.96. The monoisotopic (exact) mass is 358 g/mol. The lowest BCUT2D eigenvalue weighted by Crippen LogP contribution is -2.61. The number of hydrogen-bond donors (Lipinski definition) is 1. The number of pyridine rings is 1. The first kappa shape index (κ1) is 17.7. The Balaban J connectivity index is 1.33. The van der Waals surface area contributed by atoms with E-state index in [0.717, 1.165) is 57.2 Å². The quantitative estimate of drug-likeness (QED) is 0.859. The molecule has 6 heteroatoms. The topological polar surface area (TPSA) is 59.9 Å². The summed E-state index contributed by atoms with van der Waals surface area (Å²) in [4.78, 5) is 23.9. The number of rotatable bonds is 5. The third-order valence-corrected chi connectivity index (χ3v) is 5.93. The first-order chi connectivity index (χ1) is 12.5. The predicted octanol–water partition coefficient (Wildman–Crippen LogP) is 1.28. The van der Waals surface area contributed by atoms with Crippen LogP contribution in [-0.4, -0.2) is 77.2 Å². The molecular weight excluding hydrogens is 328 g/mol. The van der Waals surface area contributed by atoms with Crippen molar-refractivity contribution in [3.8, 4) is 0 Å². The number of β-amino-alcohol motifs (C(OH)–C–C–N with tert-alkyl or cyclic N) is 1. The zero-order valence-corrected chi connectivity index (χ0v) is 15.7. The van der Waals surface area contributed by atoms with Crippen molar-refractivity contribution < 1.29 is 9.90 Å². The van der Waals surface area contributed by atoms with Gasteiger partial charge in [0.15, 0.2) is 5.60 Å². The van der Waals surface area contributed by atoms with Crippen LogP contribution in [-0.2, 0) is 4.79 Å². The summed E-state index contributed by atoms with van der Waals surface area (Å²) in [6, 6.07) is 6.11. The van der Waals surface area contributed by atoms with Crippen LogP contribution in [0, 0.1) is 12.8 Å². The summed E-state index contributed by atoms with van der Waals surface area (Å²) < 4.78 is 0. The van der Waals surface area contributed by atoms with E-state index in [9.17, 15) is 9.90 Å². The fourth-order valence-corrected chi connectivity index (χ4v) is 4.21. The number of likely N-dealkylation sites (tertiary alicyclic amines) is 1. The molecule has 0 radical (unpaired) electrons. The van der Waals surface area contributed by atoms with Gasteiger partial charge in [-0.1, -0.05) is 6.07 Å². The zero-order valence-electron chi connectivity index (χ0n) is 15.7. The molecule has 1 aromatic rings. The van der Waals surface area contributed by atoms with Crippen LogP contribution in [0.1, 0.15) is 31.4 Å². The largest absolute Gasteiger partial charge is 0.379 e. The molecule has 0 aromatic carbocycles. The number of amides is 1. The van der Waals surface area contributed by atoms with Crippen LogP contribution in [0.2, 0.25) is 0 Å². The Morgan fingerprint density at radius 3 is 2.65 bits per heavy atom. The molecule has 1 aromatic heterocycles. The number of piperazine rings is 1. The fourth-order valence-electron chi connectivity index (χ4n) is 4.21. The van der Waals surface area contributed by atoms with Gasteiger partial charge in [-0.05, 0) is 50.7 Å². The summed E-state index contributed by atoms with van der Waals surface area (Å²) in [5.74, 6) is 1.65. The molecule has 1 aliphatic carbocycles. The fraction of sp³-hybridized carbons (Fsp3) is 0.700. The van der Waals surface area contributed by atoms with E-state index in [1.54, 1.807) is 0 Å². The minimum atomic E-state index is -1.20. The van der Waals surface area contributed by atoms with E-state index in [4.69, 9.17) is 0 Å². The maximum atomic E-state index is 12.8. The SMILES string of the molecule is Cc1cccc(N2CCN(C[C@@]3(O)CCCN(CC4CC4)C3=O)CC2)n1. The number of aliphatic hydroxyl groups is 1. The molecule has 0 unspecified atom stereocenters. The first-order valence-corrected chi connectivity index (χ1v) is 9.96. The number of aryl methyl sites for hydroxylation is 1. The van der Waals surface area contributed by atoms with E-state index in [1.165, 1.54) is 12.8 Å². The Morgan fingerprint density at radius 2 is 1.96 bits per heavy atom. The van der Waals surface area contributed by atoms with Gasteiger partial charge in [-0.2, -0.15) is 0 Å². The van der Waals surface area contributed by atoms with Crippen molar-refractivity contribution in [2.75, 3.05) is 50.7 Å². The number of carbonyl (C=O) groups excluding carboxylic acids is 1. The molecule has 1 saturated carbocycles. The van der Waals surface area contributed by atoms with Gasteiger partial charge in [-0.3, -0.25) is 9.69 Å². The van der Waals surface area contributed by atoms with E-state index in [-0.39, 0.29) is 5.91 Å². The summed E-state index contributed by atoms with van der Waals surface area (Å²) in [5.41, 5.74) is -0.167. The van der Waals surface area contributed by atoms with Crippen molar-refractivity contribution in [1.82, 2.24) is 14.8 Å². The highest BCUT2D eigenvalue weighted by Crippen LogP contribution is 2.33. The standard InChI is InChI=1S/C20H30N4O2/c1-16-4-2-5-18(21-16)23-12-10-22(11-13-23)15-20(26)8-3-9-24(19(20)25)14-17-6-7-17/h2,4-5,17,26H,3,6-15H2,1H3/t20-/m0/s1. The molecule has 3 aliphatic rings. The van der Waals surface area contributed by atoms with Gasteiger partial charge in [0.05, 0.1) is 0 Å². The van der Waals surface area contributed by atoms with Gasteiger partial charge in [0.25, 0.3) is 5.91 Å². The highest BCUT2D eigenvalue weighted by molar-refractivity contribution is 5.86. The van der Waals surface area contributed by atoms with Crippen LogP contribution in [0.25, 0.3) is 0 Å². The van der Waals surface area contributed by atoms with Crippen LogP contribution in [0.15, 0.2) is 18.2 Å². The second-order valence-electron chi connectivity index (χ2n) is 8.23. The van der Waals surface area contributed by atoms with Gasteiger partial charge in [0.2, 0.25) is 0 Å². The Kier molecular flexibility index (Phi) is 4.88. The zero-order chi connectivity index (χ0) is 18.1. The maximum absolute atomic E-state index is 12.8. The molecule has 3 heterocycles. The van der Waals surface area contributed by atoms with Gasteiger partial charge in [0.1, 0.15) is 5.82 Å². The van der Waals surface area contributed by atoms with Crippen LogP contribution in [0.4, 0.5) is 5.82 Å². The average molecular weight is 358 g/mol. The highest BCUT2D eigenvalue weighted by Gasteiger charge is 2.44. The number of nitrogens with zero attached hydrogens (tertiary/aromatic N) is 4. The van der Waals surface area contributed by atoms with Crippen molar-refractivity contribution in [2.45, 2.75) is 38.2 Å². The lowest BCUT2D eigenvalue weighted by Gasteiger charge is -2.43. The number of piperidine rings is 1. The van der Waals surface area contributed by atoms with Crippen molar-refractivity contribution in [1.29, 1.82) is 0 Å². The summed E-state index contributed by atoms with van der Waals surface area (Å²) in [7, 11) is 0. The van der Waals surface area contributed by atoms with Crippen LogP contribution < -0.4 is 4.90 Å². The van der Waals surface area contributed by atoms with Gasteiger partial charge in [-0.15, -0.1) is 0 Å². The Bertz CT molecular complexity index is 655. The van der Waals surface area contributed by atoms with Crippen LogP contribution >= 0.6 is 0 Å². The molecule has 6 nitrogen and oxygen atoms in total. The predicted molar refractivity (Wildman–Crippen MR) is 101 cm³/mol. The van der Waals surface area contributed by atoms with Crippen molar-refractivity contribution in [3.63, 3.8) is 0 Å². The third kappa shape index (κ3) is 3.86. The Labute approximate surface area is 155 Å². The summed E-state index contributed by atoms with van der Waals surface area (Å²) in [5, 5.41) is 11.1. The number of carbonyl (C=O) groups is 1. The Morgan fingerprint density at radius 1 is 1.19 bits per heavy atom. The lowest BCUT2D eigenvalue weighted by atomic mass is 9.90. The van der Waals surface area contributed by atoms with Crippen LogP contribution in [0.3, 0.4) is 0 Å². The molecule has 3 fully saturated rings. The van der Waals surface area contributed by atoms with E-state index in [0.29, 0.717) is 18.9 Å². The molecule has 1 N–H and O–H groups in total. The number of anilines is 1. The molecule has 1 amide bonds. The van der Waals surface area contributed by atoms with E-state index in [2.05, 4.69) is 20.9 Å². The smallest absolute Gasteiger partial charge is 0.255 e. The molecule has 1 atom stereocenters. The summed E-state index contributed by atoms with van der Waals surface area (Å²) in [6.45, 7) is 7.60. The van der Waals surface area contributed by atoms with Crippen molar-refractivity contribution in [3.05, 3.63) is 23.9 Å². The molecule has 26 heavy (non-hydrogen) atoms. The summed E-state index contributed by atoms with van der Waals surface area (Å²) >= 11 is 0. The van der Waals surface area contributed by atoms with Crippen molar-refractivity contribution in [2.24, 2.45) is 5.92 Å². The van der Waals surface area contributed by atoms with E-state index in [1.807, 2.05) is 24.0 Å². The second-order valence-corrected chi connectivity index (χ2v) is 8.23. The van der Waals surface area contributed by atoms with E-state index >= 15 is 0 Å². The highest BCUT2D eigenvalue weighted by atomic mass is 16.3. The van der Waals surface area contributed by atoms with Gasteiger partial charge in [-0.25, -0.2) is 4.98 Å². The normalized spacial score (nSPS) is 27.8. The molecule has 0 spiro atoms. The maximum Gasteiger partial charge on any atom is 0.255 e. The Hall–Kier alpha value is -1.66. The molecule has 4 rings (SSSR count). The van der Waals surface area contributed by atoms with Gasteiger partial charge in [0, 0.05) is 51.5 Å². The van der Waals surface area contributed by atoms with Gasteiger partial charge >= 0.3 is 0 Å². The molecule has 142 valence electrons. The minimum absolute atomic E-state index is 0.0431. The van der Waals surface area contributed by atoms with Crippen LogP contribution in [0.5, 0.6) is 0 Å². The van der Waals surface area contributed by atoms with Gasteiger partial charge < -0.3 is 14.9 Å². The molecule has 2 aliphatic heterocycles. The minimum Gasteiger partial charge on any atom is -0.379 e. The van der Waals surface area contributed by atoms with Crippen molar-refractivity contribution >= 4 is 11.7 Å².